The number of hydrazine groups is 1. The fraction of sp³-hybridized carbons (Fsp3) is 0.278. The molecule has 0 saturated carbocycles. The summed E-state index contributed by atoms with van der Waals surface area (Å²) in [7, 11) is 0. The number of rotatable bonds is 3. The summed E-state index contributed by atoms with van der Waals surface area (Å²) in [5, 5.41) is 17.8. The largest absolute Gasteiger partial charge is 0.381 e. The molecule has 0 atom stereocenters. The lowest BCUT2D eigenvalue weighted by molar-refractivity contribution is 0.0792. The molecular formula is C18H19N5O. The summed E-state index contributed by atoms with van der Waals surface area (Å²) in [5.41, 5.74) is 6.14. The first kappa shape index (κ1) is 14.7. The second kappa shape index (κ2) is 6.30. The van der Waals surface area contributed by atoms with Gasteiger partial charge in [0, 0.05) is 31.0 Å². The third-order valence-corrected chi connectivity index (χ3v) is 4.37. The van der Waals surface area contributed by atoms with Crippen LogP contribution >= 0.6 is 0 Å². The van der Waals surface area contributed by atoms with Crippen molar-refractivity contribution < 1.29 is 4.74 Å². The molecule has 3 aliphatic rings. The number of nitriles is 1. The van der Waals surface area contributed by atoms with E-state index in [1.807, 2.05) is 47.6 Å². The molecule has 1 aromatic carbocycles. The monoisotopic (exact) mass is 321 g/mol. The van der Waals surface area contributed by atoms with Gasteiger partial charge < -0.3 is 15.4 Å². The highest BCUT2D eigenvalue weighted by molar-refractivity contribution is 5.68. The normalized spacial score (nSPS) is 20.0. The van der Waals surface area contributed by atoms with Gasteiger partial charge in [-0.2, -0.15) is 5.26 Å². The number of nitrogens with zero attached hydrogens (tertiary/aromatic N) is 2. The lowest BCUT2D eigenvalue weighted by Gasteiger charge is -2.32. The van der Waals surface area contributed by atoms with E-state index in [-0.39, 0.29) is 0 Å². The zero-order chi connectivity index (χ0) is 16.4. The quantitative estimate of drug-likeness (QED) is 0.787. The number of allylic oxidation sites excluding steroid dienone is 2. The first-order valence-electron chi connectivity index (χ1n) is 8.14. The Morgan fingerprint density at radius 3 is 2.71 bits per heavy atom. The molecule has 0 spiro atoms. The standard InChI is InChI=1S/C18H19N5O/c19-11-13-1-3-14(4-2-13)16-12-20-18-6-5-17(22-23(16)18)21-15-7-9-24-10-8-15/h1-6,12,15,20-22H,7-10H2. The zero-order valence-corrected chi connectivity index (χ0v) is 13.2. The maximum absolute atomic E-state index is 8.94. The maximum Gasteiger partial charge on any atom is 0.130 e. The van der Waals surface area contributed by atoms with Crippen LogP contribution in [0.15, 0.2) is 54.3 Å². The van der Waals surface area contributed by atoms with Gasteiger partial charge in [0.1, 0.15) is 11.6 Å². The van der Waals surface area contributed by atoms with Crippen LogP contribution in [0.2, 0.25) is 0 Å². The van der Waals surface area contributed by atoms with Crippen molar-refractivity contribution in [1.29, 1.82) is 5.26 Å². The van der Waals surface area contributed by atoms with E-state index < -0.39 is 0 Å². The lowest BCUT2D eigenvalue weighted by Crippen LogP contribution is -2.45. The van der Waals surface area contributed by atoms with E-state index in [1.54, 1.807) is 0 Å². The van der Waals surface area contributed by atoms with Gasteiger partial charge in [-0.05, 0) is 37.1 Å². The molecule has 0 aromatic heterocycles. The molecule has 3 N–H and O–H groups in total. The van der Waals surface area contributed by atoms with E-state index in [2.05, 4.69) is 22.1 Å². The van der Waals surface area contributed by atoms with Crippen LogP contribution in [0.25, 0.3) is 5.70 Å². The highest BCUT2D eigenvalue weighted by atomic mass is 16.5. The summed E-state index contributed by atoms with van der Waals surface area (Å²) in [6.45, 7) is 1.63. The molecule has 1 fully saturated rings. The highest BCUT2D eigenvalue weighted by Crippen LogP contribution is 2.27. The zero-order valence-electron chi connectivity index (χ0n) is 13.2. The van der Waals surface area contributed by atoms with E-state index >= 15 is 0 Å². The lowest BCUT2D eigenvalue weighted by atomic mass is 10.1. The van der Waals surface area contributed by atoms with Crippen LogP contribution < -0.4 is 16.1 Å². The van der Waals surface area contributed by atoms with Crippen LogP contribution in [0.3, 0.4) is 0 Å². The number of hydrogen-bond donors (Lipinski definition) is 3. The van der Waals surface area contributed by atoms with Crippen molar-refractivity contribution in [3.8, 4) is 6.07 Å². The first-order valence-corrected chi connectivity index (χ1v) is 8.14. The third kappa shape index (κ3) is 2.82. The molecule has 24 heavy (non-hydrogen) atoms. The summed E-state index contributed by atoms with van der Waals surface area (Å²) in [4.78, 5) is 0. The van der Waals surface area contributed by atoms with E-state index in [0.29, 0.717) is 11.6 Å². The van der Waals surface area contributed by atoms with Crippen molar-refractivity contribution >= 4 is 5.70 Å². The van der Waals surface area contributed by atoms with Crippen molar-refractivity contribution in [2.45, 2.75) is 18.9 Å². The molecule has 0 amide bonds. The van der Waals surface area contributed by atoms with Crippen molar-refractivity contribution in [3.63, 3.8) is 0 Å². The third-order valence-electron chi connectivity index (χ3n) is 4.37. The Labute approximate surface area is 141 Å². The average Bonchev–Trinajstić information content (AvgIpc) is 3.06. The summed E-state index contributed by atoms with van der Waals surface area (Å²) in [6, 6.07) is 10.2. The van der Waals surface area contributed by atoms with E-state index in [4.69, 9.17) is 10.00 Å². The van der Waals surface area contributed by atoms with Gasteiger partial charge in [0.15, 0.2) is 0 Å². The highest BCUT2D eigenvalue weighted by Gasteiger charge is 2.25. The van der Waals surface area contributed by atoms with Crippen LogP contribution in [-0.2, 0) is 4.74 Å². The molecule has 0 radical (unpaired) electrons. The fourth-order valence-corrected chi connectivity index (χ4v) is 3.03. The molecule has 0 unspecified atom stereocenters. The van der Waals surface area contributed by atoms with Gasteiger partial charge >= 0.3 is 0 Å². The minimum atomic E-state index is 0.436. The molecule has 122 valence electrons. The Bertz CT molecular complexity index is 751. The fourth-order valence-electron chi connectivity index (χ4n) is 3.03. The predicted octanol–water partition coefficient (Wildman–Crippen LogP) is 1.73. The van der Waals surface area contributed by atoms with E-state index in [9.17, 15) is 0 Å². The molecule has 3 heterocycles. The second-order valence-corrected chi connectivity index (χ2v) is 5.97. The number of fused-ring (bicyclic) bond motifs is 1. The smallest absolute Gasteiger partial charge is 0.130 e. The van der Waals surface area contributed by atoms with Gasteiger partial charge in [-0.1, -0.05) is 12.1 Å². The Balaban J connectivity index is 1.48. The summed E-state index contributed by atoms with van der Waals surface area (Å²) < 4.78 is 5.41. The van der Waals surface area contributed by atoms with Gasteiger partial charge in [-0.15, -0.1) is 0 Å². The maximum atomic E-state index is 8.94. The van der Waals surface area contributed by atoms with Crippen LogP contribution in [0, 0.1) is 11.3 Å². The number of ether oxygens (including phenoxy) is 1. The van der Waals surface area contributed by atoms with Gasteiger partial charge in [0.05, 0.1) is 17.3 Å². The molecule has 1 aromatic rings. The predicted molar refractivity (Wildman–Crippen MR) is 90.4 cm³/mol. The van der Waals surface area contributed by atoms with Crippen LogP contribution in [-0.4, -0.2) is 24.3 Å². The van der Waals surface area contributed by atoms with Gasteiger partial charge in [-0.3, -0.25) is 5.43 Å². The van der Waals surface area contributed by atoms with Crippen LogP contribution in [0.1, 0.15) is 24.0 Å². The SMILES string of the molecule is N#Cc1ccc(C2=CNC3=CC=C(NC4CCOCC4)NN32)cc1. The Morgan fingerprint density at radius 2 is 1.96 bits per heavy atom. The van der Waals surface area contributed by atoms with E-state index in [1.165, 1.54) is 0 Å². The topological polar surface area (TPSA) is 72.3 Å². The van der Waals surface area contributed by atoms with Crippen molar-refractivity contribution in [3.05, 3.63) is 65.4 Å². The Kier molecular flexibility index (Phi) is 3.85. The van der Waals surface area contributed by atoms with Gasteiger partial charge in [0.2, 0.25) is 0 Å². The van der Waals surface area contributed by atoms with Crippen LogP contribution in [0.4, 0.5) is 0 Å². The molecule has 1 saturated heterocycles. The molecule has 6 nitrogen and oxygen atoms in total. The molecule has 3 aliphatic heterocycles. The molecule has 6 heteroatoms. The molecular weight excluding hydrogens is 302 g/mol. The van der Waals surface area contributed by atoms with E-state index in [0.717, 1.165) is 49.0 Å². The molecule has 0 bridgehead atoms. The summed E-state index contributed by atoms with van der Waals surface area (Å²) >= 11 is 0. The number of benzene rings is 1. The van der Waals surface area contributed by atoms with Gasteiger partial charge in [-0.25, -0.2) is 5.01 Å². The Morgan fingerprint density at radius 1 is 1.17 bits per heavy atom. The second-order valence-electron chi connectivity index (χ2n) is 5.97. The Hall–Kier alpha value is -2.91. The van der Waals surface area contributed by atoms with Crippen LogP contribution in [0.5, 0.6) is 0 Å². The first-order chi connectivity index (χ1) is 11.8. The minimum absolute atomic E-state index is 0.436. The van der Waals surface area contributed by atoms with Gasteiger partial charge in [0.25, 0.3) is 0 Å². The molecule has 0 aliphatic carbocycles. The van der Waals surface area contributed by atoms with Crippen molar-refractivity contribution in [1.82, 2.24) is 21.1 Å². The summed E-state index contributed by atoms with van der Waals surface area (Å²) in [5.74, 6) is 1.96. The minimum Gasteiger partial charge on any atom is -0.381 e. The summed E-state index contributed by atoms with van der Waals surface area (Å²) in [6.07, 6.45) is 8.10. The van der Waals surface area contributed by atoms with Crippen molar-refractivity contribution in [2.75, 3.05) is 13.2 Å². The average molecular weight is 321 g/mol. The number of hydrogen-bond acceptors (Lipinski definition) is 6. The number of nitrogens with one attached hydrogen (secondary N) is 3. The van der Waals surface area contributed by atoms with Crippen molar-refractivity contribution in [2.24, 2.45) is 0 Å². The molecule has 4 rings (SSSR count).